The number of anilines is 1. The van der Waals surface area contributed by atoms with Crippen molar-refractivity contribution >= 4 is 41.0 Å². The highest BCUT2D eigenvalue weighted by Gasteiger charge is 2.41. The van der Waals surface area contributed by atoms with Gasteiger partial charge >= 0.3 is 5.97 Å². The molecular formula is C34H27N3O5S. The highest BCUT2D eigenvalue weighted by Crippen LogP contribution is 2.35. The number of pyridine rings is 1. The van der Waals surface area contributed by atoms with Gasteiger partial charge in [0.2, 0.25) is 11.8 Å². The molecule has 1 aliphatic rings. The van der Waals surface area contributed by atoms with Crippen LogP contribution in [0.4, 0.5) is 5.69 Å². The maximum Gasteiger partial charge on any atom is 0.338 e. The van der Waals surface area contributed by atoms with E-state index in [9.17, 15) is 24.4 Å². The lowest BCUT2D eigenvalue weighted by molar-refractivity contribution is -0.121. The first-order valence-electron chi connectivity index (χ1n) is 13.7. The molecule has 4 aromatic rings. The zero-order valence-electron chi connectivity index (χ0n) is 23.5. The summed E-state index contributed by atoms with van der Waals surface area (Å²) in [6.45, 7) is 3.54. The summed E-state index contributed by atoms with van der Waals surface area (Å²) in [5, 5.41) is 9.18. The van der Waals surface area contributed by atoms with E-state index in [-0.39, 0.29) is 29.6 Å². The molecule has 2 amide bonds. The molecule has 5 rings (SSSR count). The number of rotatable bonds is 9. The second-order valence-corrected chi connectivity index (χ2v) is 11.4. The Kier molecular flexibility index (Phi) is 8.79. The lowest BCUT2D eigenvalue weighted by Gasteiger charge is -2.16. The van der Waals surface area contributed by atoms with Gasteiger partial charge in [-0.05, 0) is 53.4 Å². The quantitative estimate of drug-likeness (QED) is 0.129. The van der Waals surface area contributed by atoms with Crippen LogP contribution in [0.2, 0.25) is 0 Å². The first-order valence-corrected chi connectivity index (χ1v) is 14.5. The fraction of sp³-hybridized carbons (Fsp3) is 0.176. The molecule has 0 saturated carbocycles. The predicted molar refractivity (Wildman–Crippen MR) is 163 cm³/mol. The summed E-state index contributed by atoms with van der Waals surface area (Å²) in [5.41, 5.74) is 4.05. The van der Waals surface area contributed by atoms with Crippen LogP contribution < -0.4 is 4.90 Å². The highest BCUT2D eigenvalue weighted by molar-refractivity contribution is 8.00. The number of esters is 1. The molecule has 1 fully saturated rings. The number of nitriles is 1. The van der Waals surface area contributed by atoms with Gasteiger partial charge in [-0.2, -0.15) is 5.26 Å². The van der Waals surface area contributed by atoms with E-state index < -0.39 is 23.7 Å². The molecule has 1 saturated heterocycles. The van der Waals surface area contributed by atoms with Gasteiger partial charge in [-0.25, -0.2) is 14.7 Å². The van der Waals surface area contributed by atoms with Crippen LogP contribution >= 0.6 is 11.8 Å². The molecule has 43 heavy (non-hydrogen) atoms. The Morgan fingerprint density at radius 2 is 1.58 bits per heavy atom. The van der Waals surface area contributed by atoms with Crippen LogP contribution in [0.3, 0.4) is 0 Å². The minimum atomic E-state index is -0.730. The molecule has 0 spiro atoms. The van der Waals surface area contributed by atoms with E-state index in [1.165, 1.54) is 24.3 Å². The van der Waals surface area contributed by atoms with Crippen molar-refractivity contribution in [2.45, 2.75) is 36.5 Å². The van der Waals surface area contributed by atoms with Crippen molar-refractivity contribution in [1.82, 2.24) is 4.98 Å². The molecule has 0 N–H and O–H groups in total. The Bertz CT molecular complexity index is 1730. The largest absolute Gasteiger partial charge is 0.454 e. The van der Waals surface area contributed by atoms with E-state index in [4.69, 9.17) is 4.74 Å². The van der Waals surface area contributed by atoms with Gasteiger partial charge in [0.15, 0.2) is 12.4 Å². The smallest absolute Gasteiger partial charge is 0.338 e. The van der Waals surface area contributed by atoms with Crippen molar-refractivity contribution in [3.05, 3.63) is 113 Å². The number of benzene rings is 3. The summed E-state index contributed by atoms with van der Waals surface area (Å²) < 4.78 is 5.23. The number of aromatic nitrogens is 1. The lowest BCUT2D eigenvalue weighted by atomic mass is 10.0. The standard InChI is InChI=1S/C34H27N3O5S/c1-21(2)28-17-14-26(19-35)32(36-28)43-30-18-31(39)37(33(30)40)27-15-12-25(13-16-27)34(41)42-20-29(38)24-10-8-23(9-11-24)22-6-4-3-5-7-22/h3-17,21,30H,18,20H2,1-2H3. The van der Waals surface area contributed by atoms with Crippen LogP contribution in [0.5, 0.6) is 0 Å². The van der Waals surface area contributed by atoms with E-state index in [1.807, 2.05) is 56.3 Å². The third kappa shape index (κ3) is 6.55. The number of hydrogen-bond acceptors (Lipinski definition) is 8. The summed E-state index contributed by atoms with van der Waals surface area (Å²) in [7, 11) is 0. The molecule has 8 nitrogen and oxygen atoms in total. The van der Waals surface area contributed by atoms with Crippen LogP contribution in [-0.2, 0) is 14.3 Å². The Balaban J connectivity index is 1.20. The van der Waals surface area contributed by atoms with Crippen molar-refractivity contribution in [3.8, 4) is 17.2 Å². The first-order chi connectivity index (χ1) is 20.7. The van der Waals surface area contributed by atoms with Gasteiger partial charge in [-0.15, -0.1) is 0 Å². The number of ketones is 1. The van der Waals surface area contributed by atoms with Crippen LogP contribution in [0, 0.1) is 11.3 Å². The Morgan fingerprint density at radius 3 is 2.23 bits per heavy atom. The number of ether oxygens (including phenoxy) is 1. The minimum absolute atomic E-state index is 0.0415. The van der Waals surface area contributed by atoms with Gasteiger partial charge in [0.1, 0.15) is 11.1 Å². The van der Waals surface area contributed by atoms with Gasteiger partial charge in [-0.3, -0.25) is 14.4 Å². The van der Waals surface area contributed by atoms with Crippen LogP contribution in [0.1, 0.15) is 58.2 Å². The van der Waals surface area contributed by atoms with Gasteiger partial charge in [0.25, 0.3) is 0 Å². The lowest BCUT2D eigenvalue weighted by Crippen LogP contribution is -2.31. The fourth-order valence-corrected chi connectivity index (χ4v) is 5.68. The van der Waals surface area contributed by atoms with E-state index >= 15 is 0 Å². The maximum atomic E-state index is 13.2. The van der Waals surface area contributed by atoms with E-state index in [0.717, 1.165) is 33.5 Å². The summed E-state index contributed by atoms with van der Waals surface area (Å²) in [4.78, 5) is 56.9. The third-order valence-electron chi connectivity index (χ3n) is 6.96. The van der Waals surface area contributed by atoms with Crippen molar-refractivity contribution in [2.24, 2.45) is 0 Å². The van der Waals surface area contributed by atoms with Crippen molar-refractivity contribution in [1.29, 1.82) is 5.26 Å². The van der Waals surface area contributed by atoms with Crippen molar-refractivity contribution < 1.29 is 23.9 Å². The molecule has 0 bridgehead atoms. The SMILES string of the molecule is CC(C)c1ccc(C#N)c(SC2CC(=O)N(c3ccc(C(=O)OCC(=O)c4ccc(-c5ccccc5)cc4)cc3)C2=O)n1. The molecular weight excluding hydrogens is 562 g/mol. The molecule has 3 aromatic carbocycles. The van der Waals surface area contributed by atoms with Crippen molar-refractivity contribution in [3.63, 3.8) is 0 Å². The molecule has 9 heteroatoms. The number of carbonyl (C=O) groups is 4. The maximum absolute atomic E-state index is 13.2. The number of thioether (sulfide) groups is 1. The monoisotopic (exact) mass is 589 g/mol. The summed E-state index contributed by atoms with van der Waals surface area (Å²) >= 11 is 1.11. The topological polar surface area (TPSA) is 117 Å². The van der Waals surface area contributed by atoms with Gasteiger partial charge < -0.3 is 4.74 Å². The zero-order valence-corrected chi connectivity index (χ0v) is 24.3. The second kappa shape index (κ2) is 12.8. The summed E-state index contributed by atoms with van der Waals surface area (Å²) in [6, 6.07) is 28.3. The average Bonchev–Trinajstić information content (AvgIpc) is 3.31. The molecule has 1 aliphatic heterocycles. The molecule has 214 valence electrons. The van der Waals surface area contributed by atoms with Crippen LogP contribution in [-0.4, -0.2) is 40.4 Å². The van der Waals surface area contributed by atoms with Crippen LogP contribution in [0.25, 0.3) is 11.1 Å². The zero-order chi connectivity index (χ0) is 30.5. The highest BCUT2D eigenvalue weighted by atomic mass is 32.2. The van der Waals surface area contributed by atoms with Gasteiger partial charge in [-0.1, -0.05) is 80.2 Å². The normalized spacial score (nSPS) is 14.6. The Morgan fingerprint density at radius 1 is 0.930 bits per heavy atom. The van der Waals surface area contributed by atoms with Gasteiger partial charge in [0.05, 0.1) is 22.1 Å². The van der Waals surface area contributed by atoms with Crippen LogP contribution in [0.15, 0.2) is 96.0 Å². The Labute approximate surface area is 253 Å². The number of imide groups is 1. The molecule has 0 radical (unpaired) electrons. The second-order valence-electron chi connectivity index (χ2n) is 10.2. The summed E-state index contributed by atoms with van der Waals surface area (Å²) in [5.74, 6) is -1.71. The number of Topliss-reactive ketones (excluding diaryl/α,β-unsaturated/α-hetero) is 1. The number of amides is 2. The fourth-order valence-electron chi connectivity index (χ4n) is 4.58. The first kappa shape index (κ1) is 29.4. The van der Waals surface area contributed by atoms with Gasteiger partial charge in [0, 0.05) is 17.7 Å². The molecule has 1 unspecified atom stereocenters. The van der Waals surface area contributed by atoms with E-state index in [0.29, 0.717) is 21.8 Å². The average molecular weight is 590 g/mol. The van der Waals surface area contributed by atoms with E-state index in [2.05, 4.69) is 11.1 Å². The number of nitrogens with zero attached hydrogens (tertiary/aromatic N) is 3. The number of carbonyl (C=O) groups excluding carboxylic acids is 4. The van der Waals surface area contributed by atoms with E-state index in [1.54, 1.807) is 24.3 Å². The predicted octanol–water partition coefficient (Wildman–Crippen LogP) is 6.21. The third-order valence-corrected chi connectivity index (χ3v) is 8.15. The Hall–Kier alpha value is -5.07. The number of hydrogen-bond donors (Lipinski definition) is 0. The minimum Gasteiger partial charge on any atom is -0.454 e. The molecule has 1 aromatic heterocycles. The summed E-state index contributed by atoms with van der Waals surface area (Å²) in [6.07, 6.45) is -0.0415. The van der Waals surface area contributed by atoms with Crippen molar-refractivity contribution in [2.75, 3.05) is 11.5 Å². The molecule has 0 aliphatic carbocycles. The molecule has 1 atom stereocenters. The molecule has 2 heterocycles.